The van der Waals surface area contributed by atoms with E-state index in [1.54, 1.807) is 0 Å². The van der Waals surface area contributed by atoms with Crippen LogP contribution < -0.4 is 0 Å². The van der Waals surface area contributed by atoms with Crippen molar-refractivity contribution in [1.29, 1.82) is 0 Å². The minimum Gasteiger partial charge on any atom is -2.00 e. The second-order valence-corrected chi connectivity index (χ2v) is 0. The second kappa shape index (κ2) is 20.3. The van der Waals surface area contributed by atoms with Crippen molar-refractivity contribution in [1.82, 2.24) is 0 Å². The molecule has 0 saturated carbocycles. The van der Waals surface area contributed by atoms with E-state index in [1.165, 1.54) is 0 Å². The van der Waals surface area contributed by atoms with E-state index < -0.39 is 0 Å². The Morgan fingerprint density at radius 2 is 0.750 bits per heavy atom. The maximum Gasteiger partial charge on any atom is 4.00 e. The zero-order chi connectivity index (χ0) is 0. The topological polar surface area (TPSA) is 57.0 Å². The van der Waals surface area contributed by atoms with Crippen molar-refractivity contribution in [3.8, 4) is 0 Å². The summed E-state index contributed by atoms with van der Waals surface area (Å²) in [6.45, 7) is 0. The fourth-order valence-corrected chi connectivity index (χ4v) is 0. The van der Waals surface area contributed by atoms with Crippen molar-refractivity contribution in [2.75, 3.05) is 0 Å². The molecule has 0 spiro atoms. The third-order valence-corrected chi connectivity index (χ3v) is 0. The third-order valence-electron chi connectivity index (χ3n) is 0. The fourth-order valence-electron chi connectivity index (χ4n) is 0. The number of hydrogen-bond donors (Lipinski definition) is 0. The average Bonchev–Trinajstić information content (AvgIpc) is 0. The Bertz CT molecular complexity index is 6.00. The quantitative estimate of drug-likeness (QED) is 0.555. The number of hydrogen-bond acceptors (Lipinski definition) is 0. The van der Waals surface area contributed by atoms with Gasteiger partial charge in [0, 0.05) is 0 Å². The maximum absolute atomic E-state index is 0. The van der Waals surface area contributed by atoms with E-state index in [-0.39, 0.29) is 72.6 Å². The molecule has 0 N–H and O–H groups in total. The Balaban J connectivity index is 0. The van der Waals surface area contributed by atoms with Crippen LogP contribution in [-0.2, 0) is 32.7 Å². The first-order valence-electron chi connectivity index (χ1n) is 0. The van der Waals surface area contributed by atoms with Gasteiger partial charge in [0.25, 0.3) is 0 Å². The van der Waals surface area contributed by atoms with E-state index in [1.807, 2.05) is 0 Å². The molecule has 0 aromatic carbocycles. The smallest absolute Gasteiger partial charge is 2.00 e. The molecule has 0 aliphatic heterocycles. The summed E-state index contributed by atoms with van der Waals surface area (Å²) in [6.07, 6.45) is 0. The molecule has 0 radical (unpaired) electrons. The van der Waals surface area contributed by atoms with Crippen molar-refractivity contribution in [2.45, 2.75) is 0 Å². The minimum absolute atomic E-state index is 0. The Hall–Kier alpha value is 1.96. The summed E-state index contributed by atoms with van der Waals surface area (Å²) in [6, 6.07) is 0. The summed E-state index contributed by atoms with van der Waals surface area (Å²) >= 11 is 0. The van der Waals surface area contributed by atoms with Crippen LogP contribution in [0.15, 0.2) is 0 Å². The fraction of sp³-hybridized carbons (Fsp3) is 0. The predicted octanol–water partition coefficient (Wildman–Crippen LogP) is -0.240. The molecule has 0 aromatic rings. The molecule has 0 unspecified atom stereocenters. The van der Waals surface area contributed by atoms with E-state index >= 15 is 0 Å². The van der Waals surface area contributed by atoms with Gasteiger partial charge in [-0.25, -0.2) is 0 Å². The summed E-state index contributed by atoms with van der Waals surface area (Å²) in [5, 5.41) is 0. The van der Waals surface area contributed by atoms with Gasteiger partial charge in [-0.3, -0.25) is 0 Å². The molecule has 0 aliphatic carbocycles. The summed E-state index contributed by atoms with van der Waals surface area (Å²) in [4.78, 5) is 0. The van der Waals surface area contributed by atoms with Gasteiger partial charge in [-0.1, -0.05) is 0 Å². The summed E-state index contributed by atoms with van der Waals surface area (Å²) < 4.78 is 0. The molecule has 0 heterocycles. The molecule has 16 valence electrons. The van der Waals surface area contributed by atoms with E-state index in [4.69, 9.17) is 0 Å². The SMILES string of the molecule is [O-2].[O-2].[Th+4].[Ti+4]. The standard InChI is InChI=1S/2O.Th.Ti/q2*-2;2*+4. The van der Waals surface area contributed by atoms with Gasteiger partial charge in [-0.15, -0.1) is 0 Å². The molecule has 2 nitrogen and oxygen atoms in total. The van der Waals surface area contributed by atoms with Gasteiger partial charge in [0.15, 0.2) is 0 Å². The Morgan fingerprint density at radius 1 is 0.750 bits per heavy atom. The molecule has 0 rings (SSSR count). The monoisotopic (exact) mass is 312 g/mol. The first-order chi connectivity index (χ1) is 0. The molecular formula is O2ThTi+4. The zero-order valence-corrected chi connectivity index (χ0v) is 7.49. The van der Waals surface area contributed by atoms with Crippen molar-refractivity contribution in [3.05, 3.63) is 0 Å². The first kappa shape index (κ1) is 38.2. The zero-order valence-electron chi connectivity index (χ0n) is 1.82. The van der Waals surface area contributed by atoms with Crippen molar-refractivity contribution in [2.24, 2.45) is 0 Å². The van der Waals surface area contributed by atoms with E-state index in [0.717, 1.165) is 0 Å². The molecule has 0 saturated heterocycles. The second-order valence-electron chi connectivity index (χ2n) is 0. The van der Waals surface area contributed by atoms with E-state index in [9.17, 15) is 0 Å². The van der Waals surface area contributed by atoms with Crippen molar-refractivity contribution >= 4 is 0 Å². The van der Waals surface area contributed by atoms with E-state index in [0.29, 0.717) is 0 Å². The summed E-state index contributed by atoms with van der Waals surface area (Å²) in [7, 11) is 0. The van der Waals surface area contributed by atoms with Crippen LogP contribution in [0.2, 0.25) is 0 Å². The molecule has 0 fully saturated rings. The van der Waals surface area contributed by atoms with Crippen LogP contribution in [0, 0.1) is 39.9 Å². The summed E-state index contributed by atoms with van der Waals surface area (Å²) in [5.41, 5.74) is 0. The van der Waals surface area contributed by atoms with Gasteiger partial charge in [0.2, 0.25) is 0 Å². The van der Waals surface area contributed by atoms with Crippen LogP contribution in [0.4, 0.5) is 0 Å². The Kier molecular flexibility index (Phi) is 193. The Labute approximate surface area is 71.5 Å². The molecule has 0 bridgehead atoms. The molecule has 4 heteroatoms. The molecule has 0 aliphatic rings. The third kappa shape index (κ3) is 9.03. The maximum atomic E-state index is 0. The van der Waals surface area contributed by atoms with Crippen LogP contribution >= 0.6 is 0 Å². The molecule has 0 atom stereocenters. The van der Waals surface area contributed by atoms with Gasteiger partial charge in [-0.05, 0) is 0 Å². The molecular weight excluding hydrogens is 312 g/mol. The molecule has 0 amide bonds. The van der Waals surface area contributed by atoms with Crippen LogP contribution in [0.25, 0.3) is 0 Å². The largest absolute Gasteiger partial charge is 4.00 e. The van der Waals surface area contributed by atoms with Gasteiger partial charge in [0.05, 0.1) is 0 Å². The predicted molar refractivity (Wildman–Crippen MR) is 1.37 cm³/mol. The van der Waals surface area contributed by atoms with Crippen molar-refractivity contribution < 1.29 is 72.6 Å². The van der Waals surface area contributed by atoms with Crippen LogP contribution in [-0.4, -0.2) is 0 Å². The molecule has 0 aromatic heterocycles. The van der Waals surface area contributed by atoms with Crippen LogP contribution in [0.3, 0.4) is 0 Å². The normalized spacial score (nSPS) is 0. The summed E-state index contributed by atoms with van der Waals surface area (Å²) in [5.74, 6) is 0. The van der Waals surface area contributed by atoms with E-state index in [2.05, 4.69) is 0 Å². The first-order valence-corrected chi connectivity index (χ1v) is 0. The minimum atomic E-state index is 0. The van der Waals surface area contributed by atoms with Crippen molar-refractivity contribution in [3.63, 3.8) is 0 Å². The van der Waals surface area contributed by atoms with Gasteiger partial charge in [0.1, 0.15) is 0 Å². The van der Waals surface area contributed by atoms with Gasteiger partial charge in [-0.2, -0.15) is 0 Å². The molecule has 4 heavy (non-hydrogen) atoms. The average molecular weight is 312 g/mol. The van der Waals surface area contributed by atoms with Crippen LogP contribution in [0.1, 0.15) is 0 Å². The van der Waals surface area contributed by atoms with Crippen LogP contribution in [0.5, 0.6) is 0 Å². The Morgan fingerprint density at radius 3 is 0.750 bits per heavy atom. The number of rotatable bonds is 0. The van der Waals surface area contributed by atoms with Gasteiger partial charge < -0.3 is 11.0 Å². The van der Waals surface area contributed by atoms with Gasteiger partial charge >= 0.3 is 61.7 Å².